The zero-order valence-electron chi connectivity index (χ0n) is 41.4. The predicted molar refractivity (Wildman–Crippen MR) is 250 cm³/mol. The number of aliphatic hydroxyl groups excluding tert-OH is 1. The van der Waals surface area contributed by atoms with Gasteiger partial charge in [-0.25, -0.2) is 0 Å². The van der Waals surface area contributed by atoms with Crippen LogP contribution in [0, 0.1) is 11.8 Å². The summed E-state index contributed by atoms with van der Waals surface area (Å²) in [6, 6.07) is -9.66. The Labute approximate surface area is 419 Å². The van der Waals surface area contributed by atoms with Crippen molar-refractivity contribution in [1.29, 1.82) is 0 Å². The van der Waals surface area contributed by atoms with E-state index in [4.69, 9.17) is 0 Å². The van der Waals surface area contributed by atoms with E-state index < -0.39 is 189 Å². The molecule has 0 aromatic carbocycles. The molecule has 0 saturated carbocycles. The number of carboxylic acid groups (broad SMARTS) is 3. The van der Waals surface area contributed by atoms with Crippen LogP contribution in [0.4, 0.5) is 0 Å². The molecular weight excluding hydrogens is 971 g/mol. The van der Waals surface area contributed by atoms with E-state index >= 15 is 0 Å². The van der Waals surface area contributed by atoms with Gasteiger partial charge in [0.15, 0.2) is 0 Å². The maximum absolute atomic E-state index is 14.3. The highest BCUT2D eigenvalue weighted by Gasteiger charge is 2.41. The molecular formula is C44H69N11O18. The molecule has 0 aromatic rings. The fourth-order valence-corrected chi connectivity index (χ4v) is 7.51. The molecule has 2 aliphatic heterocycles. The number of amides is 11. The third-order valence-corrected chi connectivity index (χ3v) is 11.8. The monoisotopic (exact) mass is 1040 g/mol. The molecule has 2 fully saturated rings. The summed E-state index contributed by atoms with van der Waals surface area (Å²) in [5, 5.41) is 59.0. The van der Waals surface area contributed by atoms with Gasteiger partial charge in [-0.15, -0.1) is 0 Å². The second kappa shape index (κ2) is 30.4. The predicted octanol–water partition coefficient (Wildman–Crippen LogP) is -5.61. The molecule has 0 bridgehead atoms. The second-order valence-corrected chi connectivity index (χ2v) is 17.8. The summed E-state index contributed by atoms with van der Waals surface area (Å²) in [7, 11) is 0. The van der Waals surface area contributed by atoms with Crippen molar-refractivity contribution in [3.63, 3.8) is 0 Å². The van der Waals surface area contributed by atoms with E-state index in [1.807, 2.05) is 17.6 Å². The van der Waals surface area contributed by atoms with E-state index in [-0.39, 0.29) is 19.5 Å². The number of unbranched alkanes of at least 4 members (excludes halogenated alkanes) is 2. The van der Waals surface area contributed by atoms with Crippen LogP contribution in [0.5, 0.6) is 0 Å². The first kappa shape index (κ1) is 61.7. The first-order valence-electron chi connectivity index (χ1n) is 23.8. The lowest BCUT2D eigenvalue weighted by Crippen LogP contribution is -2.61. The molecule has 29 heteroatoms. The molecule has 9 atom stereocenters. The van der Waals surface area contributed by atoms with E-state index in [0.29, 0.717) is 32.1 Å². The number of aliphatic carboxylic acids is 3. The molecule has 0 aliphatic carbocycles. The topological polar surface area (TPSA) is 435 Å². The summed E-state index contributed by atoms with van der Waals surface area (Å²) in [4.78, 5) is 185. The zero-order chi connectivity index (χ0) is 55.1. The van der Waals surface area contributed by atoms with Crippen LogP contribution in [-0.4, -0.2) is 201 Å². The van der Waals surface area contributed by atoms with Gasteiger partial charge in [-0.2, -0.15) is 0 Å². The highest BCUT2D eigenvalue weighted by atomic mass is 16.4. The third-order valence-electron chi connectivity index (χ3n) is 11.8. The van der Waals surface area contributed by atoms with E-state index in [9.17, 15) is 87.5 Å². The Morgan fingerprint density at radius 1 is 0.644 bits per heavy atom. The average molecular weight is 1040 g/mol. The molecule has 29 nitrogen and oxygen atoms in total. The van der Waals surface area contributed by atoms with E-state index in [1.54, 1.807) is 13.8 Å². The molecule has 0 aromatic heterocycles. The van der Waals surface area contributed by atoms with Gasteiger partial charge >= 0.3 is 17.9 Å². The molecule has 73 heavy (non-hydrogen) atoms. The van der Waals surface area contributed by atoms with Crippen LogP contribution in [0.15, 0.2) is 0 Å². The summed E-state index contributed by atoms with van der Waals surface area (Å²) >= 11 is 0. The van der Waals surface area contributed by atoms with Crippen LogP contribution < -0.4 is 47.9 Å². The minimum absolute atomic E-state index is 0.0243. The fraction of sp³-hybridized carbons (Fsp3) is 0.682. The Morgan fingerprint density at radius 3 is 1.70 bits per heavy atom. The lowest BCUT2D eigenvalue weighted by atomic mass is 9.96. The Kier molecular flexibility index (Phi) is 25.7. The van der Waals surface area contributed by atoms with Crippen molar-refractivity contribution >= 4 is 82.9 Å². The van der Waals surface area contributed by atoms with Crippen molar-refractivity contribution in [3.05, 3.63) is 0 Å². The maximum Gasteiger partial charge on any atom is 0.305 e. The van der Waals surface area contributed by atoms with Gasteiger partial charge in [-0.05, 0) is 32.1 Å². The van der Waals surface area contributed by atoms with Crippen molar-refractivity contribution in [2.45, 2.75) is 135 Å². The molecule has 0 spiro atoms. The second-order valence-electron chi connectivity index (χ2n) is 17.8. The largest absolute Gasteiger partial charge is 0.481 e. The van der Waals surface area contributed by atoms with E-state index in [0.717, 1.165) is 11.8 Å². The smallest absolute Gasteiger partial charge is 0.305 e. The Bertz CT molecular complexity index is 2070. The van der Waals surface area contributed by atoms with Gasteiger partial charge in [0.25, 0.3) is 0 Å². The zero-order valence-corrected chi connectivity index (χ0v) is 41.4. The number of fused-ring (bicyclic) bond motifs is 1. The first-order valence-corrected chi connectivity index (χ1v) is 23.8. The summed E-state index contributed by atoms with van der Waals surface area (Å²) in [5.74, 6) is -17.5. The SMILES string of the molecule is CCCCCN1CC(=O)NCC(=O)NC(CC(=O)O)C(=O)NCC(=O)NC(CC(=O)O)C(=O)NCC(=O)NC(C(C)O)C(=O)NC(C(C)CC)C(=O)N2CCCC2C(=O)NCC(NC(=O)C(C)CC(=O)O)C1=O. The highest BCUT2D eigenvalue weighted by Crippen LogP contribution is 2.22. The van der Waals surface area contributed by atoms with E-state index in [2.05, 4.69) is 37.2 Å². The molecule has 13 N–H and O–H groups in total. The minimum atomic E-state index is -1.87. The van der Waals surface area contributed by atoms with Crippen molar-refractivity contribution < 1.29 is 87.5 Å². The first-order chi connectivity index (χ1) is 34.3. The summed E-state index contributed by atoms with van der Waals surface area (Å²) < 4.78 is 0. The van der Waals surface area contributed by atoms with Gasteiger partial charge in [0.1, 0.15) is 36.3 Å². The van der Waals surface area contributed by atoms with Gasteiger partial charge in [-0.3, -0.25) is 67.1 Å². The van der Waals surface area contributed by atoms with Crippen molar-refractivity contribution in [2.24, 2.45) is 11.8 Å². The van der Waals surface area contributed by atoms with Crippen LogP contribution in [0.2, 0.25) is 0 Å². The van der Waals surface area contributed by atoms with Gasteiger partial charge in [0, 0.05) is 25.6 Å². The van der Waals surface area contributed by atoms with Crippen LogP contribution in [0.1, 0.15) is 92.4 Å². The molecule has 2 aliphatic rings. The molecule has 2 rings (SSSR count). The van der Waals surface area contributed by atoms with Crippen LogP contribution in [0.25, 0.3) is 0 Å². The van der Waals surface area contributed by atoms with Gasteiger partial charge < -0.3 is 78.1 Å². The number of hydrogen-bond donors (Lipinski definition) is 13. The van der Waals surface area contributed by atoms with Crippen molar-refractivity contribution in [1.82, 2.24) is 57.7 Å². The Morgan fingerprint density at radius 2 is 1.19 bits per heavy atom. The molecule has 11 amide bonds. The Balaban J connectivity index is 2.64. The standard InChI is InChI=1S/C44H69N11O18/c1-6-8-9-12-54-21-32(60)45-18-29(57)49-25(15-34(63)64)39(68)47-19-30(58)50-26(16-35(65)66)40(69)48-20-31(59)52-37(24(5)56)42(71)53-36(22(3)7-2)44(73)55-13-10-11-28(55)41(70)46-17-27(43(54)72)51-38(67)23(4)14-33(61)62/h22-28,36-37,56H,6-21H2,1-5H3,(H,45,60)(H,46,70)(H,47,68)(H,48,69)(H,49,57)(H,50,58)(H,51,67)(H,52,59)(H,53,71)(H,61,62)(H,63,64)(H,65,66). The molecule has 0 radical (unpaired) electrons. The Hall–Kier alpha value is -7.46. The number of carboxylic acids is 3. The maximum atomic E-state index is 14.3. The molecule has 9 unspecified atom stereocenters. The number of nitrogens with one attached hydrogen (secondary N) is 9. The van der Waals surface area contributed by atoms with Gasteiger partial charge in [0.2, 0.25) is 65.0 Å². The molecule has 408 valence electrons. The summed E-state index contributed by atoms with van der Waals surface area (Å²) in [6.07, 6.45) is -2.10. The molecule has 2 heterocycles. The lowest BCUT2D eigenvalue weighted by Gasteiger charge is -2.33. The van der Waals surface area contributed by atoms with E-state index in [1.165, 1.54) is 11.8 Å². The van der Waals surface area contributed by atoms with Crippen LogP contribution in [0.3, 0.4) is 0 Å². The lowest BCUT2D eigenvalue weighted by molar-refractivity contribution is -0.144. The number of carbonyl (C=O) groups excluding carboxylic acids is 11. The number of aliphatic hydroxyl groups is 1. The van der Waals surface area contributed by atoms with Gasteiger partial charge in [0.05, 0.1) is 51.5 Å². The van der Waals surface area contributed by atoms with Crippen LogP contribution in [-0.2, 0) is 67.1 Å². The number of nitrogens with zero attached hydrogens (tertiary/aromatic N) is 2. The number of hydrogen-bond acceptors (Lipinski definition) is 15. The molecule has 2 saturated heterocycles. The third kappa shape index (κ3) is 21.0. The number of carbonyl (C=O) groups is 14. The van der Waals surface area contributed by atoms with Gasteiger partial charge in [-0.1, -0.05) is 47.0 Å². The summed E-state index contributed by atoms with van der Waals surface area (Å²) in [5.41, 5.74) is 0. The van der Waals surface area contributed by atoms with Crippen molar-refractivity contribution in [2.75, 3.05) is 45.8 Å². The summed E-state index contributed by atoms with van der Waals surface area (Å²) in [6.45, 7) is 3.33. The average Bonchev–Trinajstić information content (AvgIpc) is 3.82. The van der Waals surface area contributed by atoms with Crippen molar-refractivity contribution in [3.8, 4) is 0 Å². The number of rotatable bonds is 15. The normalized spacial score (nSPS) is 24.5. The fourth-order valence-electron chi connectivity index (χ4n) is 7.51. The minimum Gasteiger partial charge on any atom is -0.481 e. The van der Waals surface area contributed by atoms with Crippen LogP contribution >= 0.6 is 0 Å². The highest BCUT2D eigenvalue weighted by molar-refractivity contribution is 5.99. The quantitative estimate of drug-likeness (QED) is 0.0680.